The Hall–Kier alpha value is -1.02. The second-order valence-electron chi connectivity index (χ2n) is 3.85. The quantitative estimate of drug-likeness (QED) is 0.694. The number of hydrogen-bond donors (Lipinski definition) is 1. The van der Waals surface area contributed by atoms with Gasteiger partial charge < -0.3 is 10.1 Å². The monoisotopic (exact) mass is 207 g/mol. The van der Waals surface area contributed by atoms with E-state index in [1.807, 2.05) is 37.4 Å². The Morgan fingerprint density at radius 1 is 1.20 bits per heavy atom. The summed E-state index contributed by atoms with van der Waals surface area (Å²) in [5.41, 5.74) is 0. The summed E-state index contributed by atoms with van der Waals surface area (Å²) < 4.78 is 5.60. The summed E-state index contributed by atoms with van der Waals surface area (Å²) in [6, 6.07) is 10.6. The number of unbranched alkanes of at least 4 members (excludes halogenated alkanes) is 1. The number of ether oxygens (including phenoxy) is 1. The molecule has 0 radical (unpaired) electrons. The molecular weight excluding hydrogens is 186 g/mol. The molecule has 2 nitrogen and oxygen atoms in total. The molecule has 0 spiro atoms. The maximum absolute atomic E-state index is 5.60. The van der Waals surface area contributed by atoms with Crippen molar-refractivity contribution in [3.05, 3.63) is 30.3 Å². The molecule has 0 fully saturated rings. The van der Waals surface area contributed by atoms with Crippen LogP contribution in [0.15, 0.2) is 30.3 Å². The van der Waals surface area contributed by atoms with Gasteiger partial charge in [-0.3, -0.25) is 0 Å². The van der Waals surface area contributed by atoms with E-state index in [1.165, 1.54) is 12.8 Å². The highest BCUT2D eigenvalue weighted by Crippen LogP contribution is 2.09. The molecule has 0 amide bonds. The molecule has 0 bridgehead atoms. The van der Waals surface area contributed by atoms with Crippen LogP contribution in [0.1, 0.15) is 26.2 Å². The average Bonchev–Trinajstić information content (AvgIpc) is 2.29. The summed E-state index contributed by atoms with van der Waals surface area (Å²) in [5, 5.41) is 3.23. The van der Waals surface area contributed by atoms with Crippen molar-refractivity contribution in [3.63, 3.8) is 0 Å². The molecule has 0 aliphatic carbocycles. The molecule has 1 unspecified atom stereocenters. The fourth-order valence-corrected chi connectivity index (χ4v) is 1.40. The molecule has 0 aromatic heterocycles. The van der Waals surface area contributed by atoms with Crippen molar-refractivity contribution in [3.8, 4) is 5.75 Å². The minimum absolute atomic E-state index is 0.613. The van der Waals surface area contributed by atoms with Crippen LogP contribution < -0.4 is 10.1 Å². The van der Waals surface area contributed by atoms with Gasteiger partial charge in [0.25, 0.3) is 0 Å². The largest absolute Gasteiger partial charge is 0.494 e. The fourth-order valence-electron chi connectivity index (χ4n) is 1.40. The number of hydrogen-bond acceptors (Lipinski definition) is 2. The summed E-state index contributed by atoms with van der Waals surface area (Å²) in [6.07, 6.45) is 3.56. The van der Waals surface area contributed by atoms with Crippen molar-refractivity contribution in [2.24, 2.45) is 0 Å². The molecule has 1 N–H and O–H groups in total. The predicted octanol–water partition coefficient (Wildman–Crippen LogP) is 2.84. The second-order valence-corrected chi connectivity index (χ2v) is 3.85. The van der Waals surface area contributed by atoms with Gasteiger partial charge in [0.05, 0.1) is 6.61 Å². The summed E-state index contributed by atoms with van der Waals surface area (Å²) >= 11 is 0. The average molecular weight is 207 g/mol. The van der Waals surface area contributed by atoms with Crippen LogP contribution in [0.3, 0.4) is 0 Å². The van der Waals surface area contributed by atoms with Gasteiger partial charge in [0.2, 0.25) is 0 Å². The Morgan fingerprint density at radius 2 is 1.93 bits per heavy atom. The third-order valence-electron chi connectivity index (χ3n) is 2.54. The van der Waals surface area contributed by atoms with Crippen LogP contribution >= 0.6 is 0 Å². The fraction of sp³-hybridized carbons (Fsp3) is 0.538. The molecular formula is C13H21NO. The predicted molar refractivity (Wildman–Crippen MR) is 64.3 cm³/mol. The zero-order valence-electron chi connectivity index (χ0n) is 9.70. The van der Waals surface area contributed by atoms with Crippen molar-refractivity contribution in [1.82, 2.24) is 5.32 Å². The third-order valence-corrected chi connectivity index (χ3v) is 2.54. The topological polar surface area (TPSA) is 21.3 Å². The van der Waals surface area contributed by atoms with Crippen molar-refractivity contribution in [1.29, 1.82) is 0 Å². The first-order valence-electron chi connectivity index (χ1n) is 5.68. The normalized spacial score (nSPS) is 12.4. The minimum Gasteiger partial charge on any atom is -0.494 e. The van der Waals surface area contributed by atoms with Crippen LogP contribution in [-0.4, -0.2) is 19.7 Å². The SMILES string of the molecule is CNC(C)CCCCOc1ccccc1. The highest BCUT2D eigenvalue weighted by atomic mass is 16.5. The number of nitrogens with one attached hydrogen (secondary N) is 1. The third kappa shape index (κ3) is 5.43. The van der Waals surface area contributed by atoms with Crippen LogP contribution in [-0.2, 0) is 0 Å². The van der Waals surface area contributed by atoms with E-state index in [1.54, 1.807) is 0 Å². The lowest BCUT2D eigenvalue weighted by Crippen LogP contribution is -2.20. The van der Waals surface area contributed by atoms with Crippen LogP contribution in [0.4, 0.5) is 0 Å². The molecule has 0 heterocycles. The Bertz CT molecular complexity index is 248. The Kier molecular flexibility index (Phi) is 5.86. The standard InChI is InChI=1S/C13H21NO/c1-12(14-2)8-6-7-11-15-13-9-4-3-5-10-13/h3-5,9-10,12,14H,6-8,11H2,1-2H3. The molecule has 1 rings (SSSR count). The first-order valence-corrected chi connectivity index (χ1v) is 5.68. The van der Waals surface area contributed by atoms with Crippen LogP contribution in [0, 0.1) is 0 Å². The van der Waals surface area contributed by atoms with Gasteiger partial charge >= 0.3 is 0 Å². The first kappa shape index (κ1) is 12.1. The highest BCUT2D eigenvalue weighted by molar-refractivity contribution is 5.20. The van der Waals surface area contributed by atoms with E-state index < -0.39 is 0 Å². The van der Waals surface area contributed by atoms with Gasteiger partial charge in [-0.2, -0.15) is 0 Å². The van der Waals surface area contributed by atoms with E-state index >= 15 is 0 Å². The van der Waals surface area contributed by atoms with E-state index in [0.717, 1.165) is 18.8 Å². The molecule has 15 heavy (non-hydrogen) atoms. The molecule has 1 aromatic carbocycles. The molecule has 84 valence electrons. The maximum Gasteiger partial charge on any atom is 0.119 e. The smallest absolute Gasteiger partial charge is 0.119 e. The lowest BCUT2D eigenvalue weighted by atomic mass is 10.1. The molecule has 0 aliphatic heterocycles. The summed E-state index contributed by atoms with van der Waals surface area (Å²) in [6.45, 7) is 3.03. The highest BCUT2D eigenvalue weighted by Gasteiger charge is 1.97. The Morgan fingerprint density at radius 3 is 2.60 bits per heavy atom. The van der Waals surface area contributed by atoms with E-state index in [0.29, 0.717) is 6.04 Å². The van der Waals surface area contributed by atoms with Crippen LogP contribution in [0.25, 0.3) is 0 Å². The zero-order chi connectivity index (χ0) is 10.9. The minimum atomic E-state index is 0.613. The van der Waals surface area contributed by atoms with E-state index in [4.69, 9.17) is 4.74 Å². The van der Waals surface area contributed by atoms with Gasteiger partial charge in [0, 0.05) is 6.04 Å². The first-order chi connectivity index (χ1) is 7.33. The van der Waals surface area contributed by atoms with Crippen molar-refractivity contribution < 1.29 is 4.74 Å². The van der Waals surface area contributed by atoms with Gasteiger partial charge in [-0.25, -0.2) is 0 Å². The molecule has 1 atom stereocenters. The summed E-state index contributed by atoms with van der Waals surface area (Å²) in [4.78, 5) is 0. The molecule has 0 aliphatic rings. The molecule has 1 aromatic rings. The zero-order valence-corrected chi connectivity index (χ0v) is 9.70. The number of benzene rings is 1. The van der Waals surface area contributed by atoms with Gasteiger partial charge in [-0.15, -0.1) is 0 Å². The lowest BCUT2D eigenvalue weighted by Gasteiger charge is -2.09. The molecule has 2 heteroatoms. The Labute approximate surface area is 92.6 Å². The number of para-hydroxylation sites is 1. The number of rotatable bonds is 7. The Balaban J connectivity index is 2.03. The van der Waals surface area contributed by atoms with E-state index in [9.17, 15) is 0 Å². The van der Waals surface area contributed by atoms with Crippen molar-refractivity contribution in [2.45, 2.75) is 32.2 Å². The van der Waals surface area contributed by atoms with Gasteiger partial charge in [0.1, 0.15) is 5.75 Å². The van der Waals surface area contributed by atoms with E-state index in [2.05, 4.69) is 12.2 Å². The lowest BCUT2D eigenvalue weighted by molar-refractivity contribution is 0.302. The van der Waals surface area contributed by atoms with Gasteiger partial charge in [-0.05, 0) is 45.4 Å². The van der Waals surface area contributed by atoms with Crippen LogP contribution in [0.2, 0.25) is 0 Å². The van der Waals surface area contributed by atoms with Crippen LogP contribution in [0.5, 0.6) is 5.75 Å². The van der Waals surface area contributed by atoms with Crippen molar-refractivity contribution >= 4 is 0 Å². The van der Waals surface area contributed by atoms with Crippen molar-refractivity contribution in [2.75, 3.05) is 13.7 Å². The molecule has 0 saturated heterocycles. The summed E-state index contributed by atoms with van der Waals surface area (Å²) in [5.74, 6) is 0.971. The van der Waals surface area contributed by atoms with Gasteiger partial charge in [0.15, 0.2) is 0 Å². The van der Waals surface area contributed by atoms with E-state index in [-0.39, 0.29) is 0 Å². The van der Waals surface area contributed by atoms with Gasteiger partial charge in [-0.1, -0.05) is 18.2 Å². The maximum atomic E-state index is 5.60. The summed E-state index contributed by atoms with van der Waals surface area (Å²) in [7, 11) is 2.01. The second kappa shape index (κ2) is 7.30. The molecule has 0 saturated carbocycles.